The molecule has 1 heterocycles. The minimum Gasteiger partial charge on any atom is -0.496 e. The van der Waals surface area contributed by atoms with Gasteiger partial charge in [-0.25, -0.2) is 13.4 Å². The summed E-state index contributed by atoms with van der Waals surface area (Å²) < 4.78 is 38.8. The van der Waals surface area contributed by atoms with Crippen LogP contribution in [0, 0.1) is 5.92 Å². The van der Waals surface area contributed by atoms with Crippen molar-refractivity contribution in [3.05, 3.63) is 46.4 Å². The van der Waals surface area contributed by atoms with Crippen molar-refractivity contribution in [3.63, 3.8) is 0 Å². The minimum atomic E-state index is -3.79. The van der Waals surface area contributed by atoms with E-state index in [2.05, 4.69) is 26.2 Å². The van der Waals surface area contributed by atoms with Crippen LogP contribution in [0.3, 0.4) is 0 Å². The van der Waals surface area contributed by atoms with Gasteiger partial charge in [-0.15, -0.1) is 0 Å². The number of aromatic nitrogens is 1. The molecule has 0 fully saturated rings. The number of nitrogens with one attached hydrogen (secondary N) is 1. The number of rotatable bonds is 11. The van der Waals surface area contributed by atoms with Gasteiger partial charge in [0.15, 0.2) is 5.03 Å². The van der Waals surface area contributed by atoms with Crippen LogP contribution in [0.5, 0.6) is 5.75 Å². The van der Waals surface area contributed by atoms with Gasteiger partial charge in [0.25, 0.3) is 10.0 Å². The molecule has 2 aromatic rings. The average molecular weight is 486 g/mol. The second-order valence-electron chi connectivity index (χ2n) is 6.90. The van der Waals surface area contributed by atoms with Crippen LogP contribution in [-0.2, 0) is 21.3 Å². The van der Waals surface area contributed by atoms with Gasteiger partial charge in [0, 0.05) is 32.3 Å². The zero-order valence-corrected chi connectivity index (χ0v) is 19.6. The number of ether oxygens (including phenoxy) is 2. The molecule has 0 radical (unpaired) electrons. The lowest BCUT2D eigenvalue weighted by Gasteiger charge is -2.24. The number of halogens is 1. The lowest BCUT2D eigenvalue weighted by molar-refractivity contribution is 0.175. The van der Waals surface area contributed by atoms with Crippen LogP contribution in [0.1, 0.15) is 19.4 Å². The minimum absolute atomic E-state index is 0.0146. The zero-order chi connectivity index (χ0) is 21.4. The second kappa shape index (κ2) is 10.9. The van der Waals surface area contributed by atoms with E-state index in [0.717, 1.165) is 11.3 Å². The van der Waals surface area contributed by atoms with Gasteiger partial charge in [-0.2, -0.15) is 4.31 Å². The first-order valence-corrected chi connectivity index (χ1v) is 11.5. The Hall–Kier alpha value is -1.68. The van der Waals surface area contributed by atoms with Gasteiger partial charge in [0.05, 0.1) is 18.2 Å². The Morgan fingerprint density at radius 3 is 2.55 bits per heavy atom. The van der Waals surface area contributed by atoms with E-state index in [0.29, 0.717) is 30.0 Å². The Kier molecular flexibility index (Phi) is 8.88. The van der Waals surface area contributed by atoms with E-state index in [9.17, 15) is 8.42 Å². The molecule has 160 valence electrons. The van der Waals surface area contributed by atoms with E-state index in [1.807, 2.05) is 38.1 Å². The maximum absolute atomic E-state index is 13.3. The summed E-state index contributed by atoms with van der Waals surface area (Å²) in [6, 6.07) is 11.1. The summed E-state index contributed by atoms with van der Waals surface area (Å²) in [6.45, 7) is 5.38. The van der Waals surface area contributed by atoms with Crippen molar-refractivity contribution >= 4 is 31.8 Å². The number of hydrogen-bond donors (Lipinski definition) is 1. The maximum Gasteiger partial charge on any atom is 0.261 e. The standard InChI is InChI=1S/C20H28BrN3O4S/c1-15(2)14-24(11-12-27-3)29(25,26)20-17(21)9-10-19(23-20)22-13-16-7-5-6-8-18(16)28-4/h5-10,15H,11-14H2,1-4H3,(H,22,23). The van der Waals surface area contributed by atoms with Crippen molar-refractivity contribution in [2.24, 2.45) is 5.92 Å². The summed E-state index contributed by atoms with van der Waals surface area (Å²) in [7, 11) is -0.619. The molecule has 7 nitrogen and oxygen atoms in total. The van der Waals surface area contributed by atoms with Crippen LogP contribution in [-0.4, -0.2) is 51.6 Å². The highest BCUT2D eigenvalue weighted by molar-refractivity contribution is 9.10. The third-order valence-corrected chi connectivity index (χ3v) is 6.88. The van der Waals surface area contributed by atoms with Gasteiger partial charge in [-0.05, 0) is 40.0 Å². The van der Waals surface area contributed by atoms with Crippen LogP contribution < -0.4 is 10.1 Å². The lowest BCUT2D eigenvalue weighted by atomic mass is 10.2. The van der Waals surface area contributed by atoms with Crippen molar-refractivity contribution in [1.29, 1.82) is 0 Å². The first kappa shape index (κ1) is 23.6. The second-order valence-corrected chi connectivity index (χ2v) is 9.61. The Morgan fingerprint density at radius 2 is 1.90 bits per heavy atom. The van der Waals surface area contributed by atoms with Crippen LogP contribution in [0.15, 0.2) is 45.9 Å². The van der Waals surface area contributed by atoms with E-state index in [4.69, 9.17) is 9.47 Å². The van der Waals surface area contributed by atoms with E-state index in [-0.39, 0.29) is 17.5 Å². The lowest BCUT2D eigenvalue weighted by Crippen LogP contribution is -2.37. The molecule has 0 aliphatic heterocycles. The molecule has 1 aromatic heterocycles. The SMILES string of the molecule is COCCN(CC(C)C)S(=O)(=O)c1nc(NCc2ccccc2OC)ccc1Br. The van der Waals surface area contributed by atoms with E-state index < -0.39 is 10.0 Å². The van der Waals surface area contributed by atoms with Crippen molar-refractivity contribution in [3.8, 4) is 5.75 Å². The monoisotopic (exact) mass is 485 g/mol. The molecular weight excluding hydrogens is 458 g/mol. The molecule has 9 heteroatoms. The Morgan fingerprint density at radius 1 is 1.17 bits per heavy atom. The normalized spacial score (nSPS) is 11.8. The molecule has 0 saturated carbocycles. The third kappa shape index (κ3) is 6.40. The van der Waals surface area contributed by atoms with Crippen LogP contribution in [0.2, 0.25) is 0 Å². The van der Waals surface area contributed by atoms with Crippen molar-refractivity contribution in [2.45, 2.75) is 25.4 Å². The number of anilines is 1. The number of nitrogens with zero attached hydrogens (tertiary/aromatic N) is 2. The number of benzene rings is 1. The summed E-state index contributed by atoms with van der Waals surface area (Å²) in [6.07, 6.45) is 0. The third-order valence-electron chi connectivity index (χ3n) is 4.16. The fourth-order valence-corrected chi connectivity index (χ4v) is 5.19. The summed E-state index contributed by atoms with van der Waals surface area (Å²) >= 11 is 3.34. The van der Waals surface area contributed by atoms with Crippen LogP contribution >= 0.6 is 15.9 Å². The topological polar surface area (TPSA) is 80.8 Å². The highest BCUT2D eigenvalue weighted by atomic mass is 79.9. The van der Waals surface area contributed by atoms with Crippen LogP contribution in [0.4, 0.5) is 5.82 Å². The molecule has 1 aromatic carbocycles. The number of para-hydroxylation sites is 1. The van der Waals surface area contributed by atoms with Crippen molar-refractivity contribution in [2.75, 3.05) is 39.2 Å². The number of hydrogen-bond acceptors (Lipinski definition) is 6. The molecule has 0 atom stereocenters. The number of methoxy groups -OCH3 is 2. The Labute approximate surface area is 181 Å². The molecule has 2 rings (SSSR count). The molecule has 0 bridgehead atoms. The quantitative estimate of drug-likeness (QED) is 0.521. The fraction of sp³-hybridized carbons (Fsp3) is 0.450. The molecule has 0 aliphatic carbocycles. The molecule has 0 spiro atoms. The Bertz CT molecular complexity index is 906. The fourth-order valence-electron chi connectivity index (χ4n) is 2.77. The molecule has 0 unspecified atom stereocenters. The highest BCUT2D eigenvalue weighted by Crippen LogP contribution is 2.26. The van der Waals surface area contributed by atoms with E-state index in [1.54, 1.807) is 26.4 Å². The predicted octanol–water partition coefficient (Wildman–Crippen LogP) is 3.76. The van der Waals surface area contributed by atoms with Gasteiger partial charge in [0.2, 0.25) is 0 Å². The molecule has 0 amide bonds. The predicted molar refractivity (Wildman–Crippen MR) is 118 cm³/mol. The number of sulfonamides is 1. The Balaban J connectivity index is 2.28. The molecule has 0 aliphatic rings. The van der Waals surface area contributed by atoms with Gasteiger partial charge >= 0.3 is 0 Å². The zero-order valence-electron chi connectivity index (χ0n) is 17.2. The average Bonchev–Trinajstić information content (AvgIpc) is 2.70. The summed E-state index contributed by atoms with van der Waals surface area (Å²) in [5.41, 5.74) is 0.950. The molecule has 0 saturated heterocycles. The molecule has 29 heavy (non-hydrogen) atoms. The number of pyridine rings is 1. The van der Waals surface area contributed by atoms with Gasteiger partial charge in [-0.3, -0.25) is 0 Å². The molecular formula is C20H28BrN3O4S. The van der Waals surface area contributed by atoms with Gasteiger partial charge in [-0.1, -0.05) is 32.0 Å². The molecule has 1 N–H and O–H groups in total. The summed E-state index contributed by atoms with van der Waals surface area (Å²) in [5, 5.41) is 3.16. The van der Waals surface area contributed by atoms with E-state index >= 15 is 0 Å². The summed E-state index contributed by atoms with van der Waals surface area (Å²) in [4.78, 5) is 4.38. The van der Waals surface area contributed by atoms with Crippen LogP contribution in [0.25, 0.3) is 0 Å². The summed E-state index contributed by atoms with van der Waals surface area (Å²) in [5.74, 6) is 1.40. The smallest absolute Gasteiger partial charge is 0.261 e. The van der Waals surface area contributed by atoms with Crippen molar-refractivity contribution in [1.82, 2.24) is 9.29 Å². The first-order valence-electron chi connectivity index (χ1n) is 9.31. The van der Waals surface area contributed by atoms with Crippen molar-refractivity contribution < 1.29 is 17.9 Å². The maximum atomic E-state index is 13.3. The van der Waals surface area contributed by atoms with Gasteiger partial charge in [0.1, 0.15) is 11.6 Å². The van der Waals surface area contributed by atoms with Gasteiger partial charge < -0.3 is 14.8 Å². The largest absolute Gasteiger partial charge is 0.496 e. The first-order chi connectivity index (χ1) is 13.8. The highest BCUT2D eigenvalue weighted by Gasteiger charge is 2.29. The van der Waals surface area contributed by atoms with E-state index in [1.165, 1.54) is 4.31 Å².